The van der Waals surface area contributed by atoms with Crippen molar-refractivity contribution in [3.05, 3.63) is 23.8 Å². The van der Waals surface area contributed by atoms with Gasteiger partial charge in [0.25, 0.3) is 5.91 Å². The van der Waals surface area contributed by atoms with Crippen LogP contribution in [0.5, 0.6) is 0 Å². The van der Waals surface area contributed by atoms with Crippen LogP contribution in [0.4, 0.5) is 0 Å². The quantitative estimate of drug-likeness (QED) is 0.917. The van der Waals surface area contributed by atoms with Crippen LogP contribution in [0.15, 0.2) is 12.4 Å². The highest BCUT2D eigenvalue weighted by molar-refractivity contribution is 5.93. The van der Waals surface area contributed by atoms with E-state index in [4.69, 9.17) is 4.74 Å². The Morgan fingerprint density at radius 3 is 2.60 bits per heavy atom. The van der Waals surface area contributed by atoms with Crippen molar-refractivity contribution in [2.24, 2.45) is 0 Å². The normalized spacial score (nSPS) is 25.2. The molecule has 1 saturated carbocycles. The number of amides is 1. The third kappa shape index (κ3) is 3.15. The van der Waals surface area contributed by atoms with Crippen LogP contribution in [-0.4, -0.2) is 34.1 Å². The number of nitrogens with one attached hydrogen (secondary N) is 1. The Hall–Kier alpha value is -1.49. The Morgan fingerprint density at radius 2 is 2.00 bits per heavy atom. The van der Waals surface area contributed by atoms with E-state index in [0.717, 1.165) is 18.7 Å². The number of aromatic nitrogens is 2. The lowest BCUT2D eigenvalue weighted by atomic mass is 9.94. The van der Waals surface area contributed by atoms with Gasteiger partial charge in [0.05, 0.1) is 11.2 Å². The van der Waals surface area contributed by atoms with Crippen molar-refractivity contribution in [2.75, 3.05) is 6.61 Å². The summed E-state index contributed by atoms with van der Waals surface area (Å²) < 4.78 is 5.66. The van der Waals surface area contributed by atoms with E-state index in [1.165, 1.54) is 12.8 Å². The van der Waals surface area contributed by atoms with Gasteiger partial charge < -0.3 is 10.1 Å². The van der Waals surface area contributed by atoms with Crippen LogP contribution in [0.1, 0.15) is 61.6 Å². The van der Waals surface area contributed by atoms with Crippen molar-refractivity contribution in [3.63, 3.8) is 0 Å². The Labute approximate surface area is 119 Å². The predicted octanol–water partition coefficient (Wildman–Crippen LogP) is 2.04. The lowest BCUT2D eigenvalue weighted by Crippen LogP contribution is -2.45. The summed E-state index contributed by atoms with van der Waals surface area (Å²) in [6.45, 7) is 4.80. The van der Waals surface area contributed by atoms with Gasteiger partial charge in [0, 0.05) is 31.0 Å². The molecule has 1 aliphatic carbocycles. The smallest absolute Gasteiger partial charge is 0.254 e. The van der Waals surface area contributed by atoms with Crippen LogP contribution >= 0.6 is 0 Å². The van der Waals surface area contributed by atoms with Crippen molar-refractivity contribution >= 4 is 5.91 Å². The first-order chi connectivity index (χ1) is 9.53. The van der Waals surface area contributed by atoms with E-state index in [1.54, 1.807) is 12.4 Å². The molecule has 0 spiro atoms. The largest absolute Gasteiger partial charge is 0.375 e. The van der Waals surface area contributed by atoms with Gasteiger partial charge in [-0.15, -0.1) is 0 Å². The zero-order valence-corrected chi connectivity index (χ0v) is 12.1. The van der Waals surface area contributed by atoms with Crippen molar-refractivity contribution < 1.29 is 9.53 Å². The minimum absolute atomic E-state index is 0.0879. The Kier molecular flexibility index (Phi) is 3.46. The molecule has 20 heavy (non-hydrogen) atoms. The summed E-state index contributed by atoms with van der Waals surface area (Å²) in [5.74, 6) is 1.30. The highest BCUT2D eigenvalue weighted by Crippen LogP contribution is 2.37. The lowest BCUT2D eigenvalue weighted by molar-refractivity contribution is -0.0615. The van der Waals surface area contributed by atoms with Crippen molar-refractivity contribution in [3.8, 4) is 0 Å². The van der Waals surface area contributed by atoms with E-state index in [2.05, 4.69) is 29.1 Å². The molecule has 2 fully saturated rings. The van der Waals surface area contributed by atoms with Gasteiger partial charge in [-0.2, -0.15) is 0 Å². The zero-order chi connectivity index (χ0) is 14.2. The maximum atomic E-state index is 12.2. The maximum Gasteiger partial charge on any atom is 0.254 e. The fraction of sp³-hybridized carbons (Fsp3) is 0.667. The van der Waals surface area contributed by atoms with E-state index >= 15 is 0 Å². The molecule has 1 aromatic rings. The average molecular weight is 275 g/mol. The molecule has 1 N–H and O–H groups in total. The molecular weight excluding hydrogens is 254 g/mol. The second-order valence-electron chi connectivity index (χ2n) is 6.38. The minimum Gasteiger partial charge on any atom is -0.375 e. The SMILES string of the molecule is CC1(C)C[C@H](NC(=O)c2cnc(C3CC3)nc2)CCO1. The van der Waals surface area contributed by atoms with Gasteiger partial charge in [-0.05, 0) is 39.5 Å². The van der Waals surface area contributed by atoms with Gasteiger partial charge >= 0.3 is 0 Å². The molecule has 108 valence electrons. The summed E-state index contributed by atoms with van der Waals surface area (Å²) in [5.41, 5.74) is 0.376. The summed E-state index contributed by atoms with van der Waals surface area (Å²) >= 11 is 0. The molecule has 5 heteroatoms. The first-order valence-corrected chi connectivity index (χ1v) is 7.30. The maximum absolute atomic E-state index is 12.2. The van der Waals surface area contributed by atoms with Crippen molar-refractivity contribution in [1.82, 2.24) is 15.3 Å². The summed E-state index contributed by atoms with van der Waals surface area (Å²) in [7, 11) is 0. The molecule has 1 aliphatic heterocycles. The standard InChI is InChI=1S/C15H21N3O2/c1-15(2)7-12(5-6-20-15)18-14(19)11-8-16-13(17-9-11)10-3-4-10/h8-10,12H,3-7H2,1-2H3,(H,18,19)/t12-/m1/s1. The van der Waals surface area contributed by atoms with Gasteiger partial charge in [-0.3, -0.25) is 4.79 Å². The van der Waals surface area contributed by atoms with Gasteiger partial charge in [-0.1, -0.05) is 0 Å². The van der Waals surface area contributed by atoms with Gasteiger partial charge in [0.15, 0.2) is 0 Å². The molecule has 3 rings (SSSR count). The van der Waals surface area contributed by atoms with Crippen molar-refractivity contribution in [2.45, 2.75) is 57.1 Å². The molecule has 5 nitrogen and oxygen atoms in total. The number of carbonyl (C=O) groups excluding carboxylic acids is 1. The number of nitrogens with zero attached hydrogens (tertiary/aromatic N) is 2. The van der Waals surface area contributed by atoms with Gasteiger partial charge in [-0.25, -0.2) is 9.97 Å². The zero-order valence-electron chi connectivity index (χ0n) is 12.1. The molecule has 0 aromatic carbocycles. The Balaban J connectivity index is 1.60. The molecule has 0 unspecified atom stereocenters. The molecule has 1 atom stereocenters. The predicted molar refractivity (Wildman–Crippen MR) is 74.5 cm³/mol. The molecule has 0 bridgehead atoms. The van der Waals surface area contributed by atoms with E-state index < -0.39 is 0 Å². The number of hydrogen-bond acceptors (Lipinski definition) is 4. The topological polar surface area (TPSA) is 64.1 Å². The van der Waals surface area contributed by atoms with Crippen LogP contribution in [0, 0.1) is 0 Å². The Morgan fingerprint density at radius 1 is 1.30 bits per heavy atom. The monoisotopic (exact) mass is 275 g/mol. The highest BCUT2D eigenvalue weighted by Gasteiger charge is 2.30. The highest BCUT2D eigenvalue weighted by atomic mass is 16.5. The minimum atomic E-state index is -0.164. The van der Waals surface area contributed by atoms with Gasteiger partial charge in [0.2, 0.25) is 0 Å². The second-order valence-corrected chi connectivity index (χ2v) is 6.38. The van der Waals surface area contributed by atoms with E-state index in [9.17, 15) is 4.79 Å². The molecule has 2 aliphatic rings. The van der Waals surface area contributed by atoms with Crippen LogP contribution in [-0.2, 0) is 4.74 Å². The van der Waals surface area contributed by atoms with Crippen LogP contribution < -0.4 is 5.32 Å². The van der Waals surface area contributed by atoms with E-state index in [1.807, 2.05) is 0 Å². The third-order valence-corrected chi connectivity index (χ3v) is 3.91. The molecule has 1 saturated heterocycles. The Bertz CT molecular complexity index is 494. The van der Waals surface area contributed by atoms with Crippen LogP contribution in [0.25, 0.3) is 0 Å². The number of ether oxygens (including phenoxy) is 1. The summed E-state index contributed by atoms with van der Waals surface area (Å²) in [5, 5.41) is 3.06. The second kappa shape index (κ2) is 5.13. The number of hydrogen-bond donors (Lipinski definition) is 1. The number of carbonyl (C=O) groups is 1. The van der Waals surface area contributed by atoms with Crippen LogP contribution in [0.3, 0.4) is 0 Å². The molecule has 1 aromatic heterocycles. The molecule has 0 radical (unpaired) electrons. The fourth-order valence-corrected chi connectivity index (χ4v) is 2.63. The van der Waals surface area contributed by atoms with Crippen molar-refractivity contribution in [1.29, 1.82) is 0 Å². The molecular formula is C15H21N3O2. The molecule has 1 amide bonds. The van der Waals surface area contributed by atoms with E-state index in [-0.39, 0.29) is 17.6 Å². The van der Waals surface area contributed by atoms with E-state index in [0.29, 0.717) is 18.1 Å². The van der Waals surface area contributed by atoms with Gasteiger partial charge in [0.1, 0.15) is 5.82 Å². The first kappa shape index (κ1) is 13.5. The third-order valence-electron chi connectivity index (χ3n) is 3.91. The summed E-state index contributed by atoms with van der Waals surface area (Å²) in [6, 6.07) is 0.161. The average Bonchev–Trinajstić information content (AvgIpc) is 3.22. The van der Waals surface area contributed by atoms with Crippen LogP contribution in [0.2, 0.25) is 0 Å². The fourth-order valence-electron chi connectivity index (χ4n) is 2.63. The first-order valence-electron chi connectivity index (χ1n) is 7.30. The lowest BCUT2D eigenvalue weighted by Gasteiger charge is -2.35. The summed E-state index contributed by atoms with van der Waals surface area (Å²) in [6.07, 6.45) is 7.31. The summed E-state index contributed by atoms with van der Waals surface area (Å²) in [4.78, 5) is 20.8. The number of rotatable bonds is 3. The molecule has 2 heterocycles.